The molecule has 0 saturated carbocycles. The van der Waals surface area contributed by atoms with Crippen molar-refractivity contribution in [3.05, 3.63) is 24.3 Å². The Morgan fingerprint density at radius 2 is 2.00 bits per heavy atom. The van der Waals surface area contributed by atoms with Crippen LogP contribution in [0.3, 0.4) is 0 Å². The van der Waals surface area contributed by atoms with E-state index in [0.717, 1.165) is 10.6 Å². The Bertz CT molecular complexity index is 330. The molecule has 0 radical (unpaired) electrons. The van der Waals surface area contributed by atoms with Crippen LogP contribution in [0.5, 0.6) is 0 Å². The summed E-state index contributed by atoms with van der Waals surface area (Å²) in [6.45, 7) is -0.275. The van der Waals surface area contributed by atoms with Crippen LogP contribution in [0, 0.1) is 0 Å². The summed E-state index contributed by atoms with van der Waals surface area (Å²) in [5.41, 5.74) is 0.820. The summed E-state index contributed by atoms with van der Waals surface area (Å²) in [7, 11) is 0. The van der Waals surface area contributed by atoms with Crippen LogP contribution in [0.15, 0.2) is 29.2 Å². The van der Waals surface area contributed by atoms with Crippen LogP contribution in [0.2, 0.25) is 0 Å². The van der Waals surface area contributed by atoms with Gasteiger partial charge in [-0.05, 0) is 18.4 Å². The highest BCUT2D eigenvalue weighted by atomic mass is 32.2. The van der Waals surface area contributed by atoms with E-state index in [-0.39, 0.29) is 6.54 Å². The van der Waals surface area contributed by atoms with Crippen LogP contribution in [-0.2, 0) is 4.74 Å². The number of hydrogen-bond acceptors (Lipinski definition) is 3. The normalized spacial score (nSPS) is 11.5. The lowest BCUT2D eigenvalue weighted by molar-refractivity contribution is -0.322. The minimum absolute atomic E-state index is 0.122. The van der Waals surface area contributed by atoms with Gasteiger partial charge in [-0.3, -0.25) is 4.74 Å². The van der Waals surface area contributed by atoms with Crippen molar-refractivity contribution >= 4 is 17.4 Å². The SMILES string of the molecule is CSc1ccccc1NCCOC(F)(F)F. The van der Waals surface area contributed by atoms with E-state index in [1.54, 1.807) is 0 Å². The number of anilines is 1. The molecule has 0 aliphatic rings. The maximum atomic E-state index is 11.7. The van der Waals surface area contributed by atoms with Crippen LogP contribution in [-0.4, -0.2) is 25.8 Å². The Balaban J connectivity index is 2.37. The van der Waals surface area contributed by atoms with Crippen molar-refractivity contribution in [2.24, 2.45) is 0 Å². The third-order valence-electron chi connectivity index (χ3n) is 1.79. The first-order valence-electron chi connectivity index (χ1n) is 4.60. The fraction of sp³-hybridized carbons (Fsp3) is 0.400. The summed E-state index contributed by atoms with van der Waals surface area (Å²) < 4.78 is 38.7. The number of thioether (sulfide) groups is 1. The zero-order valence-corrected chi connectivity index (χ0v) is 9.49. The molecule has 0 spiro atoms. The molecule has 16 heavy (non-hydrogen) atoms. The number of nitrogens with one attached hydrogen (secondary N) is 1. The van der Waals surface area contributed by atoms with Gasteiger partial charge < -0.3 is 5.32 Å². The third kappa shape index (κ3) is 4.76. The van der Waals surface area contributed by atoms with Gasteiger partial charge in [-0.15, -0.1) is 24.9 Å². The van der Waals surface area contributed by atoms with Crippen molar-refractivity contribution in [1.82, 2.24) is 0 Å². The molecule has 0 fully saturated rings. The van der Waals surface area contributed by atoms with Gasteiger partial charge in [-0.2, -0.15) is 0 Å². The lowest BCUT2D eigenvalue weighted by Crippen LogP contribution is -2.19. The molecule has 0 unspecified atom stereocenters. The van der Waals surface area contributed by atoms with Crippen LogP contribution in [0.4, 0.5) is 18.9 Å². The maximum Gasteiger partial charge on any atom is 0.522 e. The summed E-state index contributed by atoms with van der Waals surface area (Å²) in [4.78, 5) is 0.995. The molecule has 1 aromatic carbocycles. The molecule has 0 saturated heterocycles. The summed E-state index contributed by atoms with van der Waals surface area (Å²) in [5.74, 6) is 0. The average Bonchev–Trinajstić information content (AvgIpc) is 2.23. The molecule has 0 atom stereocenters. The second-order valence-corrected chi connectivity index (χ2v) is 3.77. The lowest BCUT2D eigenvalue weighted by atomic mass is 10.3. The molecule has 90 valence electrons. The van der Waals surface area contributed by atoms with Gasteiger partial charge in [0.15, 0.2) is 0 Å². The first-order valence-corrected chi connectivity index (χ1v) is 5.83. The van der Waals surface area contributed by atoms with Crippen LogP contribution < -0.4 is 5.32 Å². The smallest absolute Gasteiger partial charge is 0.382 e. The van der Waals surface area contributed by atoms with E-state index in [2.05, 4.69) is 10.1 Å². The predicted molar refractivity (Wildman–Crippen MR) is 58.7 cm³/mol. The van der Waals surface area contributed by atoms with Crippen molar-refractivity contribution in [1.29, 1.82) is 0 Å². The Kier molecular flexibility index (Phi) is 4.95. The lowest BCUT2D eigenvalue weighted by Gasteiger charge is -2.11. The minimum atomic E-state index is -4.55. The molecule has 0 aliphatic carbocycles. The second-order valence-electron chi connectivity index (χ2n) is 2.92. The molecule has 1 aromatic rings. The summed E-state index contributed by atoms with van der Waals surface area (Å²) >= 11 is 1.53. The van der Waals surface area contributed by atoms with Gasteiger partial charge in [0.05, 0.1) is 6.61 Å². The second kappa shape index (κ2) is 6.00. The highest BCUT2D eigenvalue weighted by Crippen LogP contribution is 2.24. The molecular weight excluding hydrogens is 239 g/mol. The van der Waals surface area contributed by atoms with Crippen LogP contribution >= 0.6 is 11.8 Å². The first kappa shape index (κ1) is 13.2. The molecule has 1 N–H and O–H groups in total. The van der Waals surface area contributed by atoms with E-state index in [1.165, 1.54) is 11.8 Å². The number of ether oxygens (including phenoxy) is 1. The zero-order chi connectivity index (χ0) is 12.0. The van der Waals surface area contributed by atoms with E-state index < -0.39 is 13.0 Å². The van der Waals surface area contributed by atoms with E-state index in [4.69, 9.17) is 0 Å². The van der Waals surface area contributed by atoms with Gasteiger partial charge in [0.2, 0.25) is 0 Å². The largest absolute Gasteiger partial charge is 0.522 e. The highest BCUT2D eigenvalue weighted by Gasteiger charge is 2.28. The minimum Gasteiger partial charge on any atom is -0.382 e. The number of alkyl halides is 3. The van der Waals surface area contributed by atoms with Gasteiger partial charge in [0, 0.05) is 17.1 Å². The van der Waals surface area contributed by atoms with Crippen LogP contribution in [0.25, 0.3) is 0 Å². The molecule has 0 amide bonds. The molecule has 0 bridgehead atoms. The molecule has 1 rings (SSSR count). The van der Waals surface area contributed by atoms with Gasteiger partial charge in [-0.1, -0.05) is 12.1 Å². The number of rotatable bonds is 5. The average molecular weight is 251 g/mol. The van der Waals surface area contributed by atoms with Gasteiger partial charge in [0.1, 0.15) is 0 Å². The van der Waals surface area contributed by atoms with Gasteiger partial charge >= 0.3 is 6.36 Å². The summed E-state index contributed by atoms with van der Waals surface area (Å²) in [6.07, 6.45) is -2.65. The van der Waals surface area contributed by atoms with E-state index in [1.807, 2.05) is 30.5 Å². The molecule has 2 nitrogen and oxygen atoms in total. The van der Waals surface area contributed by atoms with Crippen molar-refractivity contribution in [3.8, 4) is 0 Å². The Morgan fingerprint density at radius 3 is 2.62 bits per heavy atom. The molecule has 0 heterocycles. The number of benzene rings is 1. The Morgan fingerprint density at radius 1 is 1.31 bits per heavy atom. The molecule has 0 aromatic heterocycles. The van der Waals surface area contributed by atoms with E-state index in [0.29, 0.717) is 0 Å². The van der Waals surface area contributed by atoms with Gasteiger partial charge in [0.25, 0.3) is 0 Å². The number of halogens is 3. The predicted octanol–water partition coefficient (Wildman–Crippen LogP) is 3.36. The standard InChI is InChI=1S/C10H12F3NOS/c1-16-9-5-3-2-4-8(9)14-6-7-15-10(11,12)13/h2-5,14H,6-7H2,1H3. The molecular formula is C10H12F3NOS. The fourth-order valence-electron chi connectivity index (χ4n) is 1.14. The summed E-state index contributed by atoms with van der Waals surface area (Å²) in [5, 5.41) is 2.89. The Hall–Kier alpha value is -0.880. The zero-order valence-electron chi connectivity index (χ0n) is 8.67. The monoisotopic (exact) mass is 251 g/mol. The van der Waals surface area contributed by atoms with Gasteiger partial charge in [-0.25, -0.2) is 0 Å². The maximum absolute atomic E-state index is 11.7. The van der Waals surface area contributed by atoms with E-state index >= 15 is 0 Å². The Labute approximate surface area is 96.2 Å². The van der Waals surface area contributed by atoms with Crippen molar-refractivity contribution in [3.63, 3.8) is 0 Å². The van der Waals surface area contributed by atoms with Crippen LogP contribution in [0.1, 0.15) is 0 Å². The molecule has 6 heteroatoms. The number of para-hydroxylation sites is 1. The van der Waals surface area contributed by atoms with Crippen molar-refractivity contribution < 1.29 is 17.9 Å². The van der Waals surface area contributed by atoms with Crippen molar-refractivity contribution in [2.75, 3.05) is 24.7 Å². The van der Waals surface area contributed by atoms with Crippen molar-refractivity contribution in [2.45, 2.75) is 11.3 Å². The quantitative estimate of drug-likeness (QED) is 0.640. The highest BCUT2D eigenvalue weighted by molar-refractivity contribution is 7.98. The summed E-state index contributed by atoms with van der Waals surface area (Å²) in [6, 6.07) is 7.42. The first-order chi connectivity index (χ1) is 7.53. The van der Waals surface area contributed by atoms with E-state index in [9.17, 15) is 13.2 Å². The fourth-order valence-corrected chi connectivity index (χ4v) is 1.72. The number of hydrogen-bond donors (Lipinski definition) is 1. The third-order valence-corrected chi connectivity index (χ3v) is 2.59. The molecule has 0 aliphatic heterocycles. The topological polar surface area (TPSA) is 21.3 Å².